The summed E-state index contributed by atoms with van der Waals surface area (Å²) >= 11 is 0. The van der Waals surface area contributed by atoms with Crippen LogP contribution in [0.15, 0.2) is 24.3 Å². The van der Waals surface area contributed by atoms with Gasteiger partial charge in [0.25, 0.3) is 0 Å². The Hall–Kier alpha value is -0.329. The molecule has 0 aromatic heterocycles. The number of hydrogen-bond acceptors (Lipinski definition) is 5. The minimum absolute atomic E-state index is 0.918. The maximum atomic E-state index is 5.53. The zero-order valence-corrected chi connectivity index (χ0v) is 31.6. The van der Waals surface area contributed by atoms with Crippen LogP contribution in [0, 0.1) is 0 Å². The number of hydroxylamine groups is 2. The van der Waals surface area contributed by atoms with E-state index in [9.17, 15) is 0 Å². The van der Waals surface area contributed by atoms with Crippen molar-refractivity contribution in [3.05, 3.63) is 24.3 Å². The Labute approximate surface area is 258 Å². The van der Waals surface area contributed by atoms with Gasteiger partial charge in [-0.05, 0) is 12.8 Å². The second kappa shape index (κ2) is 21.4. The molecule has 0 aliphatic heterocycles. The van der Waals surface area contributed by atoms with Gasteiger partial charge in [-0.15, -0.1) is 0 Å². The highest BCUT2D eigenvalue weighted by Crippen LogP contribution is 2.21. The van der Waals surface area contributed by atoms with E-state index in [0.29, 0.717) is 0 Å². The van der Waals surface area contributed by atoms with E-state index in [0.717, 1.165) is 19.0 Å². The summed E-state index contributed by atoms with van der Waals surface area (Å²) in [5.74, 6) is 0. The van der Waals surface area contributed by atoms with Gasteiger partial charge in [-0.1, -0.05) is 150 Å². The second-order valence-electron chi connectivity index (χ2n) is 13.4. The molecule has 1 aromatic carbocycles. The van der Waals surface area contributed by atoms with Crippen molar-refractivity contribution < 1.29 is 18.1 Å². The summed E-state index contributed by atoms with van der Waals surface area (Å²) in [6.45, 7) is 11.3. The van der Waals surface area contributed by atoms with Gasteiger partial charge in [0, 0.05) is 41.0 Å². The summed E-state index contributed by atoms with van der Waals surface area (Å²) in [6.07, 6.45) is 18.6. The highest BCUT2D eigenvalue weighted by Gasteiger charge is 2.36. The van der Waals surface area contributed by atoms with Crippen molar-refractivity contribution >= 4 is 35.3 Å². The van der Waals surface area contributed by atoms with Crippen LogP contribution in [-0.4, -0.2) is 72.0 Å². The van der Waals surface area contributed by atoms with Gasteiger partial charge >= 0.3 is 8.80 Å². The molecule has 0 saturated heterocycles. The molecule has 8 heteroatoms. The first-order valence-electron chi connectivity index (χ1n) is 16.6. The maximum Gasteiger partial charge on any atom is 0.500 e. The maximum absolute atomic E-state index is 5.53. The third kappa shape index (κ3) is 15.8. The van der Waals surface area contributed by atoms with Gasteiger partial charge in [0.2, 0.25) is 0 Å². The minimum Gasteiger partial charge on any atom is -0.377 e. The average Bonchev–Trinajstić information content (AvgIpc) is 2.97. The summed E-state index contributed by atoms with van der Waals surface area (Å²) in [6, 6.07) is 13.7. The lowest BCUT2D eigenvalue weighted by Gasteiger charge is -2.26. The number of benzene rings is 1. The number of hydrogen-bond donors (Lipinski definition) is 0. The number of nitrogens with zero attached hydrogens (tertiary/aromatic N) is 1. The van der Waals surface area contributed by atoms with Crippen LogP contribution in [0.25, 0.3) is 0 Å². The fourth-order valence-electron chi connectivity index (χ4n) is 5.89. The second-order valence-corrected chi connectivity index (χ2v) is 26.2. The van der Waals surface area contributed by atoms with Crippen molar-refractivity contribution in [2.24, 2.45) is 0 Å². The smallest absolute Gasteiger partial charge is 0.377 e. The van der Waals surface area contributed by atoms with E-state index in [-0.39, 0.29) is 0 Å². The molecular formula is C33H67NO4Si3. The van der Waals surface area contributed by atoms with Crippen LogP contribution in [0.1, 0.15) is 89.9 Å². The molecule has 0 bridgehead atoms. The van der Waals surface area contributed by atoms with Gasteiger partial charge < -0.3 is 18.1 Å². The van der Waals surface area contributed by atoms with Crippen molar-refractivity contribution in [2.75, 3.05) is 42.0 Å². The first-order chi connectivity index (χ1) is 19.6. The fraction of sp³-hybridized carbons (Fsp3) is 0.818. The van der Waals surface area contributed by atoms with E-state index >= 15 is 0 Å². The molecular weight excluding hydrogens is 559 g/mol. The summed E-state index contributed by atoms with van der Waals surface area (Å²) in [7, 11) is 3.76. The molecule has 0 unspecified atom stereocenters. The standard InChI is InChI=1S/C33H67NO4Si3/c1-34(35-2)28-20-16-12-10-11-13-17-21-29-39(6,7)32-24-26-33(27-25-32)40(8,9)30-22-18-14-15-19-23-31-41(36-3,37-4)38-5/h24-27H,10-23,28-31H2,1-9H3. The first kappa shape index (κ1) is 38.7. The van der Waals surface area contributed by atoms with E-state index in [1.54, 1.807) is 38.8 Å². The van der Waals surface area contributed by atoms with Gasteiger partial charge in [-0.3, -0.25) is 0 Å². The Morgan fingerprint density at radius 1 is 0.488 bits per heavy atom. The normalized spacial score (nSPS) is 12.9. The highest BCUT2D eigenvalue weighted by molar-refractivity contribution is 6.91. The molecule has 0 N–H and O–H groups in total. The average molecular weight is 626 g/mol. The SMILES string of the molecule is CON(C)CCCCCCCCCC[Si](C)(C)c1ccc([Si](C)(C)CCCCCCCC[Si](OC)(OC)OC)cc1. The largest absolute Gasteiger partial charge is 0.500 e. The Bertz CT molecular complexity index is 764. The van der Waals surface area contributed by atoms with E-state index < -0.39 is 25.0 Å². The van der Waals surface area contributed by atoms with E-state index in [1.807, 2.05) is 12.1 Å². The Kier molecular flexibility index (Phi) is 20.2. The zero-order valence-electron chi connectivity index (χ0n) is 28.6. The molecule has 0 radical (unpaired) electrons. The summed E-state index contributed by atoms with van der Waals surface area (Å²) in [4.78, 5) is 5.18. The van der Waals surface area contributed by atoms with Gasteiger partial charge in [-0.2, -0.15) is 5.06 Å². The van der Waals surface area contributed by atoms with Crippen molar-refractivity contribution in [1.29, 1.82) is 0 Å². The monoisotopic (exact) mass is 625 g/mol. The molecule has 1 aromatic rings. The molecule has 41 heavy (non-hydrogen) atoms. The van der Waals surface area contributed by atoms with Crippen LogP contribution < -0.4 is 10.4 Å². The van der Waals surface area contributed by atoms with Crippen molar-refractivity contribution in [1.82, 2.24) is 5.06 Å². The van der Waals surface area contributed by atoms with Crippen LogP contribution in [-0.2, 0) is 18.1 Å². The molecule has 0 atom stereocenters. The van der Waals surface area contributed by atoms with E-state index in [2.05, 4.69) is 50.5 Å². The van der Waals surface area contributed by atoms with Crippen LogP contribution in [0.5, 0.6) is 0 Å². The molecule has 0 aliphatic carbocycles. The molecule has 240 valence electrons. The Balaban J connectivity index is 2.26. The van der Waals surface area contributed by atoms with Crippen molar-refractivity contribution in [3.63, 3.8) is 0 Å². The van der Waals surface area contributed by atoms with Gasteiger partial charge in [0.15, 0.2) is 0 Å². The van der Waals surface area contributed by atoms with Crippen molar-refractivity contribution in [2.45, 2.75) is 134 Å². The molecule has 0 amide bonds. The predicted octanol–water partition coefficient (Wildman–Crippen LogP) is 8.35. The lowest BCUT2D eigenvalue weighted by molar-refractivity contribution is -0.109. The lowest BCUT2D eigenvalue weighted by Crippen LogP contribution is -2.45. The van der Waals surface area contributed by atoms with E-state index in [1.165, 1.54) is 95.6 Å². The molecule has 0 saturated carbocycles. The van der Waals surface area contributed by atoms with Crippen LogP contribution in [0.4, 0.5) is 0 Å². The van der Waals surface area contributed by atoms with Gasteiger partial charge in [0.1, 0.15) is 0 Å². The molecule has 0 heterocycles. The number of rotatable bonds is 26. The van der Waals surface area contributed by atoms with Crippen LogP contribution >= 0.6 is 0 Å². The predicted molar refractivity (Wildman–Crippen MR) is 186 cm³/mol. The summed E-state index contributed by atoms with van der Waals surface area (Å²) in [5, 5.41) is 5.21. The summed E-state index contributed by atoms with van der Waals surface area (Å²) < 4.78 is 16.6. The molecule has 5 nitrogen and oxygen atoms in total. The van der Waals surface area contributed by atoms with E-state index in [4.69, 9.17) is 18.1 Å². The third-order valence-electron chi connectivity index (χ3n) is 9.25. The van der Waals surface area contributed by atoms with Gasteiger partial charge in [0.05, 0.1) is 23.3 Å². The quantitative estimate of drug-likeness (QED) is 0.0588. The molecule has 0 spiro atoms. The molecule has 0 fully saturated rings. The van der Waals surface area contributed by atoms with Crippen LogP contribution in [0.2, 0.25) is 44.3 Å². The minimum atomic E-state index is -2.39. The Morgan fingerprint density at radius 2 is 0.805 bits per heavy atom. The topological polar surface area (TPSA) is 40.2 Å². The first-order valence-corrected chi connectivity index (χ1v) is 24.9. The third-order valence-corrected chi connectivity index (χ3v) is 19.1. The van der Waals surface area contributed by atoms with Gasteiger partial charge in [-0.25, -0.2) is 0 Å². The highest BCUT2D eigenvalue weighted by atomic mass is 28.4. The number of unbranched alkanes of at least 4 members (excludes halogenated alkanes) is 12. The fourth-order valence-corrected chi connectivity index (χ4v) is 12.7. The van der Waals surface area contributed by atoms with Crippen LogP contribution in [0.3, 0.4) is 0 Å². The van der Waals surface area contributed by atoms with Crippen molar-refractivity contribution in [3.8, 4) is 0 Å². The zero-order chi connectivity index (χ0) is 30.6. The molecule has 1 rings (SSSR count). The molecule has 0 aliphatic rings. The lowest BCUT2D eigenvalue weighted by atomic mass is 10.1. The summed E-state index contributed by atoms with van der Waals surface area (Å²) in [5.41, 5.74) is 0. The Morgan fingerprint density at radius 3 is 1.15 bits per heavy atom.